The van der Waals surface area contributed by atoms with Gasteiger partial charge in [-0.05, 0) is 48.0 Å². The molecule has 0 aromatic carbocycles. The lowest BCUT2D eigenvalue weighted by Gasteiger charge is -2.32. The summed E-state index contributed by atoms with van der Waals surface area (Å²) in [5, 5.41) is 14.2. The minimum Gasteiger partial charge on any atom is -0.455 e. The van der Waals surface area contributed by atoms with Gasteiger partial charge < -0.3 is 14.8 Å². The molecule has 1 unspecified atom stereocenters. The van der Waals surface area contributed by atoms with Crippen molar-refractivity contribution in [1.82, 2.24) is 5.32 Å². The number of ether oxygens (including phenoxy) is 2. The highest BCUT2D eigenvalue weighted by Crippen LogP contribution is 2.25. The minimum atomic E-state index is -2.11. The Morgan fingerprint density at radius 2 is 1.52 bits per heavy atom. The summed E-state index contributed by atoms with van der Waals surface area (Å²) in [5.41, 5.74) is -3.74. The van der Waals surface area contributed by atoms with E-state index in [1.54, 1.807) is 41.5 Å². The van der Waals surface area contributed by atoms with E-state index in [1.807, 2.05) is 6.92 Å². The van der Waals surface area contributed by atoms with Crippen LogP contribution in [-0.4, -0.2) is 39.8 Å². The fraction of sp³-hybridized carbons (Fsp3) is 0.882. The van der Waals surface area contributed by atoms with Gasteiger partial charge in [0.2, 0.25) is 0 Å². The highest BCUT2D eigenvalue weighted by atomic mass is 16.6. The predicted molar refractivity (Wildman–Crippen MR) is 93.9 cm³/mol. The lowest BCUT2D eigenvalue weighted by Crippen LogP contribution is -2.61. The van der Waals surface area contributed by atoms with Crippen molar-refractivity contribution in [2.24, 2.45) is 0 Å². The van der Waals surface area contributed by atoms with E-state index in [-0.39, 0.29) is 6.42 Å². The molecule has 2 atom stereocenters. The number of nitro groups is 1. The standard InChI is InChI=1S/C17H32N2O6/c1-9-10-11-12(18-14(21)25-16(5,6)7)17(8,19(22)23)13(20)24-15(2,3)4/h12H,9-11H2,1-8H3,(H,18,21)/t12?,17-/m1/s1. The fourth-order valence-corrected chi connectivity index (χ4v) is 2.08. The van der Waals surface area contributed by atoms with Gasteiger partial charge in [0.25, 0.3) is 0 Å². The molecule has 1 amide bonds. The van der Waals surface area contributed by atoms with Gasteiger partial charge in [-0.1, -0.05) is 19.8 Å². The second kappa shape index (κ2) is 8.49. The molecule has 1 N–H and O–H groups in total. The zero-order valence-electron chi connectivity index (χ0n) is 16.6. The third kappa shape index (κ3) is 7.70. The normalized spacial score (nSPS) is 15.7. The van der Waals surface area contributed by atoms with Gasteiger partial charge in [0.15, 0.2) is 0 Å². The van der Waals surface area contributed by atoms with Gasteiger partial charge in [-0.2, -0.15) is 0 Å². The third-order valence-corrected chi connectivity index (χ3v) is 3.41. The first kappa shape index (κ1) is 23.1. The Balaban J connectivity index is 5.61. The average molecular weight is 360 g/mol. The van der Waals surface area contributed by atoms with Crippen LogP contribution < -0.4 is 5.32 Å². The number of hydrogen-bond donors (Lipinski definition) is 1. The van der Waals surface area contributed by atoms with Gasteiger partial charge in [-0.3, -0.25) is 10.1 Å². The van der Waals surface area contributed by atoms with Crippen LogP contribution in [0.5, 0.6) is 0 Å². The maximum Gasteiger partial charge on any atom is 0.408 e. The summed E-state index contributed by atoms with van der Waals surface area (Å²) in [4.78, 5) is 35.7. The second-order valence-electron chi connectivity index (χ2n) is 8.25. The molecule has 0 saturated carbocycles. The van der Waals surface area contributed by atoms with Crippen LogP contribution in [0.4, 0.5) is 4.79 Å². The van der Waals surface area contributed by atoms with Gasteiger partial charge in [0, 0.05) is 11.8 Å². The lowest BCUT2D eigenvalue weighted by molar-refractivity contribution is -0.556. The zero-order chi connectivity index (χ0) is 20.1. The summed E-state index contributed by atoms with van der Waals surface area (Å²) >= 11 is 0. The molecule has 25 heavy (non-hydrogen) atoms. The zero-order valence-corrected chi connectivity index (χ0v) is 16.6. The number of nitrogens with one attached hydrogen (secondary N) is 1. The lowest BCUT2D eigenvalue weighted by atomic mass is 9.88. The smallest absolute Gasteiger partial charge is 0.408 e. The molecular formula is C17H32N2O6. The first-order valence-corrected chi connectivity index (χ1v) is 8.51. The molecule has 0 heterocycles. The summed E-state index contributed by atoms with van der Waals surface area (Å²) in [6, 6.07) is -1.05. The Bertz CT molecular complexity index is 492. The van der Waals surface area contributed by atoms with Crippen molar-refractivity contribution >= 4 is 12.1 Å². The molecule has 0 aliphatic heterocycles. The summed E-state index contributed by atoms with van der Waals surface area (Å²) in [6.07, 6.45) is 0.818. The van der Waals surface area contributed by atoms with E-state index in [0.29, 0.717) is 6.42 Å². The van der Waals surface area contributed by atoms with Crippen molar-refractivity contribution in [1.29, 1.82) is 0 Å². The molecule has 8 nitrogen and oxygen atoms in total. The number of amides is 1. The van der Waals surface area contributed by atoms with Crippen LogP contribution in [0.3, 0.4) is 0 Å². The molecule has 0 aliphatic carbocycles. The minimum absolute atomic E-state index is 0.256. The molecule has 0 aliphatic rings. The van der Waals surface area contributed by atoms with Crippen LogP contribution in [-0.2, 0) is 14.3 Å². The van der Waals surface area contributed by atoms with Gasteiger partial charge in [0.1, 0.15) is 17.2 Å². The predicted octanol–water partition coefficient (Wildman–Crippen LogP) is 3.45. The van der Waals surface area contributed by atoms with E-state index in [4.69, 9.17) is 9.47 Å². The van der Waals surface area contributed by atoms with E-state index in [1.165, 1.54) is 6.92 Å². The fourth-order valence-electron chi connectivity index (χ4n) is 2.08. The molecule has 146 valence electrons. The maximum atomic E-state index is 12.5. The third-order valence-electron chi connectivity index (χ3n) is 3.41. The first-order chi connectivity index (χ1) is 11.1. The van der Waals surface area contributed by atoms with E-state index in [0.717, 1.165) is 6.42 Å². The maximum absolute atomic E-state index is 12.5. The highest BCUT2D eigenvalue weighted by Gasteiger charge is 2.56. The molecular weight excluding hydrogens is 328 g/mol. The monoisotopic (exact) mass is 360 g/mol. The Morgan fingerprint density at radius 3 is 1.88 bits per heavy atom. The summed E-state index contributed by atoms with van der Waals surface area (Å²) in [7, 11) is 0. The van der Waals surface area contributed by atoms with Crippen molar-refractivity contribution < 1.29 is 24.0 Å². The Hall–Kier alpha value is -1.86. The van der Waals surface area contributed by atoms with E-state index >= 15 is 0 Å². The number of carbonyl (C=O) groups is 2. The largest absolute Gasteiger partial charge is 0.455 e. The van der Waals surface area contributed by atoms with Gasteiger partial charge in [-0.15, -0.1) is 0 Å². The first-order valence-electron chi connectivity index (χ1n) is 8.51. The van der Waals surface area contributed by atoms with Crippen molar-refractivity contribution in [3.05, 3.63) is 10.1 Å². The second-order valence-corrected chi connectivity index (χ2v) is 8.25. The number of unbranched alkanes of at least 4 members (excludes halogenated alkanes) is 1. The van der Waals surface area contributed by atoms with Crippen molar-refractivity contribution in [3.63, 3.8) is 0 Å². The summed E-state index contributed by atoms with van der Waals surface area (Å²) in [5.74, 6) is -0.984. The number of hydrogen-bond acceptors (Lipinski definition) is 6. The number of alkyl carbamates (subject to hydrolysis) is 1. The van der Waals surface area contributed by atoms with Crippen LogP contribution in [0.2, 0.25) is 0 Å². The van der Waals surface area contributed by atoms with Gasteiger partial charge in [-0.25, -0.2) is 9.59 Å². The van der Waals surface area contributed by atoms with Crippen molar-refractivity contribution in [3.8, 4) is 0 Å². The molecule has 0 rings (SSSR count). The van der Waals surface area contributed by atoms with Crippen LogP contribution in [0.1, 0.15) is 74.7 Å². The summed E-state index contributed by atoms with van der Waals surface area (Å²) < 4.78 is 10.4. The molecule has 0 aromatic heterocycles. The molecule has 0 bridgehead atoms. The number of carbonyl (C=O) groups excluding carboxylic acids is 2. The topological polar surface area (TPSA) is 108 Å². The Morgan fingerprint density at radius 1 is 1.04 bits per heavy atom. The van der Waals surface area contributed by atoms with E-state index in [2.05, 4.69) is 5.32 Å². The molecule has 8 heteroatoms. The van der Waals surface area contributed by atoms with Crippen LogP contribution >= 0.6 is 0 Å². The van der Waals surface area contributed by atoms with Crippen LogP contribution in [0, 0.1) is 10.1 Å². The molecule has 0 fully saturated rings. The number of rotatable bonds is 7. The summed E-state index contributed by atoms with van der Waals surface area (Å²) in [6.45, 7) is 13.1. The number of nitrogens with zero attached hydrogens (tertiary/aromatic N) is 1. The average Bonchev–Trinajstić information content (AvgIpc) is 2.38. The van der Waals surface area contributed by atoms with Crippen molar-refractivity contribution in [2.45, 2.75) is 97.4 Å². The van der Waals surface area contributed by atoms with Crippen LogP contribution in [0.15, 0.2) is 0 Å². The van der Waals surface area contributed by atoms with E-state index < -0.39 is 39.8 Å². The molecule has 0 radical (unpaired) electrons. The Kier molecular flexibility index (Phi) is 7.86. The molecule has 0 spiro atoms. The van der Waals surface area contributed by atoms with Gasteiger partial charge in [0.05, 0.1) is 0 Å². The van der Waals surface area contributed by atoms with Gasteiger partial charge >= 0.3 is 17.6 Å². The van der Waals surface area contributed by atoms with Crippen LogP contribution in [0.25, 0.3) is 0 Å². The number of esters is 1. The molecule has 0 saturated heterocycles. The SMILES string of the molecule is CCCCC(NC(=O)OC(C)(C)C)[C@](C)(C(=O)OC(C)(C)C)[N+](=O)[O-]. The quantitative estimate of drug-likeness (QED) is 0.423. The van der Waals surface area contributed by atoms with Crippen molar-refractivity contribution in [2.75, 3.05) is 0 Å². The van der Waals surface area contributed by atoms with E-state index in [9.17, 15) is 19.7 Å². The Labute approximate surface area is 149 Å². The molecule has 0 aromatic rings. The highest BCUT2D eigenvalue weighted by molar-refractivity contribution is 5.81.